The number of fused-ring (bicyclic) bond motifs is 1. The highest BCUT2D eigenvalue weighted by Gasteiger charge is 2.06. The molecule has 0 fully saturated rings. The normalized spacial score (nSPS) is 10.6. The molecule has 1 N–H and O–H groups in total. The van der Waals surface area contributed by atoms with Gasteiger partial charge in [0.2, 0.25) is 0 Å². The second-order valence-electron chi connectivity index (χ2n) is 4.79. The number of aromatic nitrogens is 2. The van der Waals surface area contributed by atoms with E-state index in [2.05, 4.69) is 30.1 Å². The zero-order chi connectivity index (χ0) is 14.1. The van der Waals surface area contributed by atoms with Crippen LogP contribution in [0, 0.1) is 23.0 Å². The number of H-pyrrole nitrogens is 1. The average molecular weight is 279 g/mol. The third kappa shape index (κ3) is 2.13. The molecule has 98 valence electrons. The summed E-state index contributed by atoms with van der Waals surface area (Å²) in [5.74, 6) is 0. The van der Waals surface area contributed by atoms with Gasteiger partial charge < -0.3 is 4.98 Å². The average Bonchev–Trinajstić information content (AvgIpc) is 2.76. The molecule has 20 heavy (non-hydrogen) atoms. The van der Waals surface area contributed by atoms with Crippen LogP contribution in [-0.2, 0) is 6.42 Å². The minimum atomic E-state index is 0.429. The second kappa shape index (κ2) is 4.95. The molecule has 0 saturated heterocycles. The van der Waals surface area contributed by atoms with Crippen LogP contribution in [0.1, 0.15) is 11.1 Å². The number of imidazole rings is 1. The molecule has 0 aliphatic heterocycles. The van der Waals surface area contributed by atoms with Crippen LogP contribution in [0.15, 0.2) is 42.5 Å². The number of nitrogens with one attached hydrogen (secondary N) is 1. The molecule has 0 amide bonds. The zero-order valence-electron chi connectivity index (χ0n) is 11.1. The Hall–Kier alpha value is -2.38. The van der Waals surface area contributed by atoms with Crippen molar-refractivity contribution in [2.75, 3.05) is 0 Å². The first kappa shape index (κ1) is 12.6. The summed E-state index contributed by atoms with van der Waals surface area (Å²) in [6.45, 7) is 2.07. The fraction of sp³-hybridized carbons (Fsp3) is 0.125. The van der Waals surface area contributed by atoms with E-state index in [0.29, 0.717) is 11.2 Å². The van der Waals surface area contributed by atoms with E-state index in [9.17, 15) is 0 Å². The van der Waals surface area contributed by atoms with Crippen molar-refractivity contribution >= 4 is 23.3 Å². The maximum absolute atomic E-state index is 8.71. The number of hydrogen-bond acceptors (Lipinski definition) is 2. The van der Waals surface area contributed by atoms with E-state index < -0.39 is 0 Å². The maximum atomic E-state index is 8.71. The summed E-state index contributed by atoms with van der Waals surface area (Å²) in [7, 11) is 0. The number of aryl methyl sites for hydroxylation is 1. The van der Waals surface area contributed by atoms with Crippen LogP contribution in [0.25, 0.3) is 16.7 Å². The minimum absolute atomic E-state index is 0.429. The molecule has 0 aliphatic rings. The van der Waals surface area contributed by atoms with Crippen LogP contribution in [0.2, 0.25) is 0 Å². The Morgan fingerprint density at radius 1 is 1.20 bits per heavy atom. The van der Waals surface area contributed by atoms with Crippen molar-refractivity contribution < 1.29 is 0 Å². The fourth-order valence-corrected chi connectivity index (χ4v) is 2.64. The van der Waals surface area contributed by atoms with Crippen LogP contribution in [-0.4, -0.2) is 9.55 Å². The lowest BCUT2D eigenvalue weighted by atomic mass is 10.1. The van der Waals surface area contributed by atoms with E-state index in [0.717, 1.165) is 22.3 Å². The molecule has 3 nitrogen and oxygen atoms in total. The van der Waals surface area contributed by atoms with Gasteiger partial charge in [-0.05, 0) is 54.5 Å². The van der Waals surface area contributed by atoms with Crippen LogP contribution in [0.4, 0.5) is 0 Å². The molecule has 0 aliphatic carbocycles. The van der Waals surface area contributed by atoms with Crippen molar-refractivity contribution in [3.8, 4) is 11.8 Å². The maximum Gasteiger partial charge on any atom is 0.182 e. The Balaban J connectivity index is 2.18. The van der Waals surface area contributed by atoms with Gasteiger partial charge in [-0.25, -0.2) is 0 Å². The molecule has 3 rings (SSSR count). The Morgan fingerprint density at radius 2 is 1.95 bits per heavy atom. The summed E-state index contributed by atoms with van der Waals surface area (Å²) in [6.07, 6.45) is 0.429. The van der Waals surface area contributed by atoms with Gasteiger partial charge in [0.05, 0.1) is 23.5 Å². The third-order valence-electron chi connectivity index (χ3n) is 3.32. The van der Waals surface area contributed by atoms with Gasteiger partial charge in [-0.1, -0.05) is 18.2 Å². The van der Waals surface area contributed by atoms with Gasteiger partial charge in [-0.15, -0.1) is 0 Å². The van der Waals surface area contributed by atoms with Gasteiger partial charge in [0.15, 0.2) is 4.77 Å². The van der Waals surface area contributed by atoms with Gasteiger partial charge in [-0.3, -0.25) is 4.57 Å². The van der Waals surface area contributed by atoms with Crippen molar-refractivity contribution in [2.24, 2.45) is 0 Å². The first-order valence-corrected chi connectivity index (χ1v) is 6.77. The van der Waals surface area contributed by atoms with E-state index in [1.54, 1.807) is 0 Å². The molecular formula is C16H13N3S. The van der Waals surface area contributed by atoms with E-state index in [1.165, 1.54) is 5.56 Å². The topological polar surface area (TPSA) is 44.5 Å². The summed E-state index contributed by atoms with van der Waals surface area (Å²) in [4.78, 5) is 3.22. The van der Waals surface area contributed by atoms with E-state index in [4.69, 9.17) is 17.5 Å². The molecule has 0 saturated carbocycles. The van der Waals surface area contributed by atoms with Gasteiger partial charge in [0, 0.05) is 5.69 Å². The van der Waals surface area contributed by atoms with Crippen molar-refractivity contribution in [3.63, 3.8) is 0 Å². The first-order valence-electron chi connectivity index (χ1n) is 6.37. The van der Waals surface area contributed by atoms with Crippen molar-refractivity contribution in [2.45, 2.75) is 13.3 Å². The van der Waals surface area contributed by atoms with Crippen LogP contribution < -0.4 is 0 Å². The van der Waals surface area contributed by atoms with Gasteiger partial charge in [0.25, 0.3) is 0 Å². The smallest absolute Gasteiger partial charge is 0.182 e. The van der Waals surface area contributed by atoms with Crippen LogP contribution in [0.5, 0.6) is 0 Å². The van der Waals surface area contributed by atoms with Crippen molar-refractivity contribution in [1.29, 1.82) is 5.26 Å². The lowest BCUT2D eigenvalue weighted by molar-refractivity contribution is 1.06. The van der Waals surface area contributed by atoms with Gasteiger partial charge in [0.1, 0.15) is 0 Å². The Morgan fingerprint density at radius 3 is 2.65 bits per heavy atom. The lowest BCUT2D eigenvalue weighted by Gasteiger charge is -2.05. The number of rotatable bonds is 2. The van der Waals surface area contributed by atoms with Crippen LogP contribution >= 0.6 is 12.2 Å². The SMILES string of the molecule is Cc1ccc2[nH]c(=S)n(-c3ccc(CC#N)cc3)c2c1. The number of aromatic amines is 1. The monoisotopic (exact) mass is 279 g/mol. The number of nitriles is 1. The number of nitrogens with zero attached hydrogens (tertiary/aromatic N) is 2. The molecule has 2 aromatic carbocycles. The molecule has 0 bridgehead atoms. The summed E-state index contributed by atoms with van der Waals surface area (Å²) >= 11 is 5.42. The molecule has 0 unspecified atom stereocenters. The molecule has 1 heterocycles. The number of hydrogen-bond donors (Lipinski definition) is 1. The zero-order valence-corrected chi connectivity index (χ0v) is 11.9. The quantitative estimate of drug-likeness (QED) is 0.719. The molecular weight excluding hydrogens is 266 g/mol. The van der Waals surface area contributed by atoms with E-state index >= 15 is 0 Å². The molecule has 3 aromatic rings. The first-order chi connectivity index (χ1) is 9.69. The highest BCUT2D eigenvalue weighted by atomic mass is 32.1. The number of benzene rings is 2. The predicted octanol–water partition coefficient (Wildman–Crippen LogP) is 4.06. The fourth-order valence-electron chi connectivity index (χ4n) is 2.32. The molecule has 0 spiro atoms. The third-order valence-corrected chi connectivity index (χ3v) is 3.60. The molecule has 0 atom stereocenters. The largest absolute Gasteiger partial charge is 0.330 e. The molecule has 0 radical (unpaired) electrons. The second-order valence-corrected chi connectivity index (χ2v) is 5.17. The Bertz CT molecular complexity index is 863. The summed E-state index contributed by atoms with van der Waals surface area (Å²) in [5.41, 5.74) is 5.32. The van der Waals surface area contributed by atoms with E-state index in [1.807, 2.05) is 34.9 Å². The standard InChI is InChI=1S/C16H13N3S/c1-11-2-7-14-15(10-11)19(16(20)18-14)13-5-3-12(4-6-13)8-9-17/h2-7,10H,8H2,1H3,(H,18,20). The summed E-state index contributed by atoms with van der Waals surface area (Å²) < 4.78 is 2.70. The van der Waals surface area contributed by atoms with Gasteiger partial charge in [-0.2, -0.15) is 5.26 Å². The summed E-state index contributed by atoms with van der Waals surface area (Å²) in [6, 6.07) is 16.3. The van der Waals surface area contributed by atoms with Crippen LogP contribution in [0.3, 0.4) is 0 Å². The van der Waals surface area contributed by atoms with E-state index in [-0.39, 0.29) is 0 Å². The lowest BCUT2D eigenvalue weighted by Crippen LogP contribution is -1.94. The molecule has 1 aromatic heterocycles. The van der Waals surface area contributed by atoms with Crippen molar-refractivity contribution in [3.05, 3.63) is 58.4 Å². The Kier molecular flexibility index (Phi) is 3.13. The highest BCUT2D eigenvalue weighted by Crippen LogP contribution is 2.21. The Labute approximate surface area is 122 Å². The minimum Gasteiger partial charge on any atom is -0.330 e. The predicted molar refractivity (Wildman–Crippen MR) is 82.5 cm³/mol. The summed E-state index contributed by atoms with van der Waals surface area (Å²) in [5, 5.41) is 8.71. The van der Waals surface area contributed by atoms with Crippen molar-refractivity contribution in [1.82, 2.24) is 9.55 Å². The highest BCUT2D eigenvalue weighted by molar-refractivity contribution is 7.71. The molecule has 4 heteroatoms. The van der Waals surface area contributed by atoms with Gasteiger partial charge >= 0.3 is 0 Å².